The Morgan fingerprint density at radius 1 is 1.30 bits per heavy atom. The van der Waals surface area contributed by atoms with Gasteiger partial charge in [-0.1, -0.05) is 0 Å². The summed E-state index contributed by atoms with van der Waals surface area (Å²) in [5.74, 6) is -0.357. The van der Waals surface area contributed by atoms with Crippen LogP contribution in [0.5, 0.6) is 0 Å². The maximum Gasteiger partial charge on any atom is 0.419 e. The number of nitrogens with one attached hydrogen (secondary N) is 2. The molecule has 10 heteroatoms. The van der Waals surface area contributed by atoms with Gasteiger partial charge in [-0.2, -0.15) is 13.2 Å². The van der Waals surface area contributed by atoms with Crippen LogP contribution in [0.4, 0.5) is 24.8 Å². The number of nitrogen functional groups attached to an aromatic ring is 1. The monoisotopic (exact) mass is 376 g/mol. The summed E-state index contributed by atoms with van der Waals surface area (Å²) in [6.07, 6.45) is 0.694. The number of amides is 1. The summed E-state index contributed by atoms with van der Waals surface area (Å²) in [6, 6.07) is 4.03. The minimum atomic E-state index is -4.58. The molecule has 1 saturated heterocycles. The molecule has 27 heavy (non-hydrogen) atoms. The Morgan fingerprint density at radius 3 is 2.74 bits per heavy atom. The SMILES string of the molecule is Nc1ncc(-c2ccc3nc(NC(=O)C4CCN4)cn3c2)cc1C(F)(F)F. The number of nitrogens with two attached hydrogens (primary N) is 1. The van der Waals surface area contributed by atoms with Crippen molar-refractivity contribution in [3.05, 3.63) is 42.4 Å². The van der Waals surface area contributed by atoms with E-state index in [-0.39, 0.29) is 17.5 Å². The van der Waals surface area contributed by atoms with Crippen molar-refractivity contribution in [3.8, 4) is 11.1 Å². The van der Waals surface area contributed by atoms with Crippen molar-refractivity contribution < 1.29 is 18.0 Å². The molecule has 0 spiro atoms. The van der Waals surface area contributed by atoms with Crippen molar-refractivity contribution in [2.45, 2.75) is 18.6 Å². The minimum Gasteiger partial charge on any atom is -0.383 e. The number of halogens is 3. The molecule has 0 aliphatic carbocycles. The fourth-order valence-electron chi connectivity index (χ4n) is 2.81. The fraction of sp³-hybridized carbons (Fsp3) is 0.235. The van der Waals surface area contributed by atoms with Crippen LogP contribution in [0.2, 0.25) is 0 Å². The van der Waals surface area contributed by atoms with E-state index < -0.39 is 17.6 Å². The number of aromatic nitrogens is 3. The van der Waals surface area contributed by atoms with Crippen LogP contribution in [-0.4, -0.2) is 32.9 Å². The maximum absolute atomic E-state index is 13.0. The summed E-state index contributed by atoms with van der Waals surface area (Å²) in [4.78, 5) is 19.9. The Morgan fingerprint density at radius 2 is 2.07 bits per heavy atom. The molecule has 7 nitrogen and oxygen atoms in total. The molecule has 140 valence electrons. The second-order valence-corrected chi connectivity index (χ2v) is 6.25. The number of alkyl halides is 3. The number of anilines is 2. The highest BCUT2D eigenvalue weighted by molar-refractivity contribution is 5.94. The second-order valence-electron chi connectivity index (χ2n) is 6.25. The highest BCUT2D eigenvalue weighted by atomic mass is 19.4. The van der Waals surface area contributed by atoms with E-state index >= 15 is 0 Å². The van der Waals surface area contributed by atoms with E-state index in [9.17, 15) is 18.0 Å². The molecule has 1 atom stereocenters. The average molecular weight is 376 g/mol. The summed E-state index contributed by atoms with van der Waals surface area (Å²) in [7, 11) is 0. The van der Waals surface area contributed by atoms with E-state index in [1.54, 1.807) is 28.9 Å². The Balaban J connectivity index is 1.64. The van der Waals surface area contributed by atoms with Crippen molar-refractivity contribution in [1.29, 1.82) is 0 Å². The van der Waals surface area contributed by atoms with Crippen LogP contribution < -0.4 is 16.4 Å². The van der Waals surface area contributed by atoms with Crippen LogP contribution >= 0.6 is 0 Å². The Bertz CT molecular complexity index is 1030. The van der Waals surface area contributed by atoms with Gasteiger partial charge < -0.3 is 20.8 Å². The fourth-order valence-corrected chi connectivity index (χ4v) is 2.81. The smallest absolute Gasteiger partial charge is 0.383 e. The van der Waals surface area contributed by atoms with Gasteiger partial charge >= 0.3 is 6.18 Å². The Labute approximate surface area is 151 Å². The average Bonchev–Trinajstić information content (AvgIpc) is 2.93. The lowest BCUT2D eigenvalue weighted by Gasteiger charge is -2.25. The number of hydrogen-bond acceptors (Lipinski definition) is 5. The number of imidazole rings is 1. The summed E-state index contributed by atoms with van der Waals surface area (Å²) in [5.41, 5.74) is 5.70. The molecule has 3 aromatic rings. The van der Waals surface area contributed by atoms with Crippen molar-refractivity contribution in [2.75, 3.05) is 17.6 Å². The van der Waals surface area contributed by atoms with E-state index in [0.29, 0.717) is 17.0 Å². The molecular weight excluding hydrogens is 361 g/mol. The van der Waals surface area contributed by atoms with Crippen molar-refractivity contribution in [3.63, 3.8) is 0 Å². The van der Waals surface area contributed by atoms with E-state index in [1.807, 2.05) is 0 Å². The van der Waals surface area contributed by atoms with Crippen LogP contribution in [0.25, 0.3) is 16.8 Å². The molecule has 1 fully saturated rings. The molecule has 1 amide bonds. The van der Waals surface area contributed by atoms with Gasteiger partial charge in [0.15, 0.2) is 5.82 Å². The molecular formula is C17H15F3N6O. The first-order valence-corrected chi connectivity index (χ1v) is 8.17. The molecule has 0 saturated carbocycles. The maximum atomic E-state index is 13.0. The molecule has 1 aliphatic rings. The number of carbonyl (C=O) groups is 1. The van der Waals surface area contributed by atoms with Gasteiger partial charge in [-0.3, -0.25) is 4.79 Å². The third-order valence-corrected chi connectivity index (χ3v) is 4.40. The van der Waals surface area contributed by atoms with Gasteiger partial charge in [-0.15, -0.1) is 0 Å². The third kappa shape index (κ3) is 3.31. The lowest BCUT2D eigenvalue weighted by molar-refractivity contribution is -0.137. The molecule has 3 aromatic heterocycles. The molecule has 1 unspecified atom stereocenters. The summed E-state index contributed by atoms with van der Waals surface area (Å²) >= 11 is 0. The summed E-state index contributed by atoms with van der Waals surface area (Å²) in [5, 5.41) is 5.71. The molecule has 0 bridgehead atoms. The zero-order valence-electron chi connectivity index (χ0n) is 13.9. The number of carbonyl (C=O) groups excluding carboxylic acids is 1. The predicted octanol–water partition coefficient (Wildman–Crippen LogP) is 2.30. The Kier molecular flexibility index (Phi) is 3.99. The molecule has 4 N–H and O–H groups in total. The lowest BCUT2D eigenvalue weighted by atomic mass is 10.1. The van der Waals surface area contributed by atoms with Gasteiger partial charge in [-0.05, 0) is 31.2 Å². The van der Waals surface area contributed by atoms with Gasteiger partial charge in [0, 0.05) is 23.5 Å². The second kappa shape index (κ2) is 6.23. The van der Waals surface area contributed by atoms with Gasteiger partial charge in [0.05, 0.1) is 17.8 Å². The predicted molar refractivity (Wildman–Crippen MR) is 92.9 cm³/mol. The lowest BCUT2D eigenvalue weighted by Crippen LogP contribution is -2.50. The van der Waals surface area contributed by atoms with Gasteiger partial charge in [0.25, 0.3) is 0 Å². The molecule has 0 aromatic carbocycles. The third-order valence-electron chi connectivity index (χ3n) is 4.40. The quantitative estimate of drug-likeness (QED) is 0.652. The van der Waals surface area contributed by atoms with Crippen LogP contribution in [-0.2, 0) is 11.0 Å². The van der Waals surface area contributed by atoms with Gasteiger partial charge in [0.1, 0.15) is 11.5 Å². The largest absolute Gasteiger partial charge is 0.419 e. The van der Waals surface area contributed by atoms with E-state index in [1.165, 1.54) is 6.20 Å². The Hall–Kier alpha value is -3.14. The van der Waals surface area contributed by atoms with Gasteiger partial charge in [0.2, 0.25) is 5.91 Å². The number of rotatable bonds is 3. The highest BCUT2D eigenvalue weighted by Crippen LogP contribution is 2.35. The molecule has 0 radical (unpaired) electrons. The standard InChI is InChI=1S/C17H15F3N6O/c18-17(19,20)11-5-10(6-23-15(11)21)9-1-2-14-24-13(8-26(14)7-9)25-16(27)12-3-4-22-12/h1-2,5-8,12,22H,3-4H2,(H2,21,23)(H,25,27). The number of hydrogen-bond donors (Lipinski definition) is 3. The van der Waals surface area contributed by atoms with Crippen molar-refractivity contribution in [2.24, 2.45) is 0 Å². The van der Waals surface area contributed by atoms with E-state index in [4.69, 9.17) is 5.73 Å². The van der Waals surface area contributed by atoms with Gasteiger partial charge in [-0.25, -0.2) is 9.97 Å². The van der Waals surface area contributed by atoms with Crippen LogP contribution in [0.15, 0.2) is 36.8 Å². The van der Waals surface area contributed by atoms with Crippen LogP contribution in [0.3, 0.4) is 0 Å². The molecule has 4 heterocycles. The van der Waals surface area contributed by atoms with E-state index in [2.05, 4.69) is 20.6 Å². The van der Waals surface area contributed by atoms with Crippen LogP contribution in [0, 0.1) is 0 Å². The zero-order chi connectivity index (χ0) is 19.2. The number of nitrogens with zero attached hydrogens (tertiary/aromatic N) is 3. The number of fused-ring (bicyclic) bond motifs is 1. The normalized spacial score (nSPS) is 16.9. The van der Waals surface area contributed by atoms with Crippen molar-refractivity contribution >= 4 is 23.2 Å². The van der Waals surface area contributed by atoms with Crippen LogP contribution in [0.1, 0.15) is 12.0 Å². The summed E-state index contributed by atoms with van der Waals surface area (Å²) < 4.78 is 40.8. The zero-order valence-corrected chi connectivity index (χ0v) is 13.9. The first kappa shape index (κ1) is 17.3. The first-order valence-electron chi connectivity index (χ1n) is 8.17. The van der Waals surface area contributed by atoms with Crippen molar-refractivity contribution in [1.82, 2.24) is 19.7 Å². The highest BCUT2D eigenvalue weighted by Gasteiger charge is 2.34. The molecule has 1 aliphatic heterocycles. The van der Waals surface area contributed by atoms with E-state index in [0.717, 1.165) is 19.0 Å². The summed E-state index contributed by atoms with van der Waals surface area (Å²) in [6.45, 7) is 0.808. The number of pyridine rings is 2. The minimum absolute atomic E-state index is 0.164. The topological polar surface area (TPSA) is 97.3 Å². The first-order chi connectivity index (χ1) is 12.8. The molecule has 4 rings (SSSR count).